The van der Waals surface area contributed by atoms with Gasteiger partial charge in [-0.05, 0) is 92.8 Å². The molecule has 0 aromatic heterocycles. The van der Waals surface area contributed by atoms with E-state index in [0.717, 1.165) is 32.4 Å². The second kappa shape index (κ2) is 11.5. The summed E-state index contributed by atoms with van der Waals surface area (Å²) in [6, 6.07) is 12.1. The molecule has 1 N–H and O–H groups in total. The predicted octanol–water partition coefficient (Wildman–Crippen LogP) is 7.81. The van der Waals surface area contributed by atoms with Crippen LogP contribution in [0, 0.1) is 11.3 Å². The number of benzene rings is 2. The Balaban J connectivity index is 1.44. The number of carbonyl (C=O) groups excluding carboxylic acids is 1. The highest BCUT2D eigenvalue weighted by molar-refractivity contribution is 5.83. The van der Waals surface area contributed by atoms with Crippen LogP contribution in [-0.2, 0) is 23.7 Å². The van der Waals surface area contributed by atoms with Crippen LogP contribution in [-0.4, -0.2) is 29.9 Å². The van der Waals surface area contributed by atoms with Gasteiger partial charge in [0.2, 0.25) is 5.91 Å². The van der Waals surface area contributed by atoms with E-state index < -0.39 is 35.4 Å². The van der Waals surface area contributed by atoms with Gasteiger partial charge >= 0.3 is 12.4 Å². The molecule has 1 aliphatic heterocycles. The number of hydrogen-bond acceptors (Lipinski definition) is 2. The van der Waals surface area contributed by atoms with Crippen LogP contribution in [0.2, 0.25) is 0 Å². The summed E-state index contributed by atoms with van der Waals surface area (Å²) in [5, 5.41) is 2.70. The van der Waals surface area contributed by atoms with E-state index >= 15 is 0 Å². The van der Waals surface area contributed by atoms with Gasteiger partial charge in [-0.2, -0.15) is 26.3 Å². The molecule has 1 saturated heterocycles. The number of alkyl halides is 6. The van der Waals surface area contributed by atoms with Gasteiger partial charge in [-0.25, -0.2) is 0 Å². The molecule has 0 radical (unpaired) electrons. The second-order valence-electron chi connectivity index (χ2n) is 11.6. The molecular formula is C30H36F6N2O. The molecule has 3 nitrogen and oxygen atoms in total. The number of hydrogen-bond donors (Lipinski definition) is 1. The number of amides is 1. The summed E-state index contributed by atoms with van der Waals surface area (Å²) in [5.74, 6) is 0.439. The van der Waals surface area contributed by atoms with Crippen molar-refractivity contribution in [2.75, 3.05) is 13.1 Å². The summed E-state index contributed by atoms with van der Waals surface area (Å²) in [5.41, 5.74) is -2.32. The minimum atomic E-state index is -4.93. The Morgan fingerprint density at radius 3 is 2.08 bits per heavy atom. The van der Waals surface area contributed by atoms with Crippen LogP contribution in [0.25, 0.3) is 0 Å². The van der Waals surface area contributed by atoms with Crippen LogP contribution >= 0.6 is 0 Å². The zero-order valence-electron chi connectivity index (χ0n) is 22.3. The molecule has 214 valence electrons. The standard InChI is InChI=1S/C30H36F6N2O/c1-20(2)17-28(11-8-26(18-28)38-12-9-23(10-13-38)22-6-4-3-5-7-22)27(39)37-19-21-14-24(29(31,32)33)16-25(15-21)30(34,35)36/h3-7,14-16,20,23,26H,8-13,17-19H2,1-2H3,(H,37,39). The van der Waals surface area contributed by atoms with E-state index in [2.05, 4.69) is 34.5 Å². The number of halogens is 6. The Bertz CT molecular complexity index is 1090. The van der Waals surface area contributed by atoms with Gasteiger partial charge in [-0.3, -0.25) is 4.79 Å². The minimum Gasteiger partial charge on any atom is -0.352 e. The maximum Gasteiger partial charge on any atom is 0.416 e. The topological polar surface area (TPSA) is 32.3 Å². The molecule has 2 aromatic rings. The summed E-state index contributed by atoms with van der Waals surface area (Å²) in [4.78, 5) is 16.0. The van der Waals surface area contributed by atoms with E-state index in [1.807, 2.05) is 19.9 Å². The van der Waals surface area contributed by atoms with Gasteiger partial charge in [0.1, 0.15) is 0 Å². The van der Waals surface area contributed by atoms with Crippen LogP contribution in [0.5, 0.6) is 0 Å². The lowest BCUT2D eigenvalue weighted by atomic mass is 9.77. The van der Waals surface area contributed by atoms with Crippen LogP contribution in [0.15, 0.2) is 48.5 Å². The van der Waals surface area contributed by atoms with Gasteiger partial charge in [0, 0.05) is 12.6 Å². The zero-order chi connectivity index (χ0) is 28.4. The van der Waals surface area contributed by atoms with Crippen molar-refractivity contribution >= 4 is 5.91 Å². The first-order valence-electron chi connectivity index (χ1n) is 13.6. The molecule has 2 aliphatic rings. The number of nitrogens with one attached hydrogen (secondary N) is 1. The van der Waals surface area contributed by atoms with Crippen molar-refractivity contribution in [3.8, 4) is 0 Å². The summed E-state index contributed by atoms with van der Waals surface area (Å²) in [6.07, 6.45) is -5.01. The summed E-state index contributed by atoms with van der Waals surface area (Å²) in [6.45, 7) is 5.53. The average Bonchev–Trinajstić information content (AvgIpc) is 3.31. The first-order valence-corrected chi connectivity index (χ1v) is 13.6. The van der Waals surface area contributed by atoms with Crippen molar-refractivity contribution in [2.24, 2.45) is 11.3 Å². The molecule has 1 saturated carbocycles. The van der Waals surface area contributed by atoms with Crippen molar-refractivity contribution in [1.82, 2.24) is 10.2 Å². The highest BCUT2D eigenvalue weighted by atomic mass is 19.4. The zero-order valence-corrected chi connectivity index (χ0v) is 22.3. The first-order chi connectivity index (χ1) is 18.3. The molecule has 0 bridgehead atoms. The lowest BCUT2D eigenvalue weighted by Gasteiger charge is -2.37. The fourth-order valence-electron chi connectivity index (χ4n) is 6.49. The van der Waals surface area contributed by atoms with E-state index in [4.69, 9.17) is 0 Å². The van der Waals surface area contributed by atoms with Crippen molar-refractivity contribution in [3.63, 3.8) is 0 Å². The summed E-state index contributed by atoms with van der Waals surface area (Å²) >= 11 is 0. The first kappa shape index (κ1) is 29.4. The summed E-state index contributed by atoms with van der Waals surface area (Å²) in [7, 11) is 0. The molecular weight excluding hydrogens is 518 g/mol. The smallest absolute Gasteiger partial charge is 0.352 e. The molecule has 2 aromatic carbocycles. The van der Waals surface area contributed by atoms with E-state index in [9.17, 15) is 31.1 Å². The largest absolute Gasteiger partial charge is 0.416 e. The fraction of sp³-hybridized carbons (Fsp3) is 0.567. The van der Waals surface area contributed by atoms with Gasteiger partial charge in [0.25, 0.3) is 0 Å². The maximum absolute atomic E-state index is 13.5. The molecule has 2 atom stereocenters. The quantitative estimate of drug-likeness (QED) is 0.354. The molecule has 2 fully saturated rings. The Hall–Kier alpha value is -2.55. The highest BCUT2D eigenvalue weighted by Crippen LogP contribution is 2.46. The highest BCUT2D eigenvalue weighted by Gasteiger charge is 2.47. The number of likely N-dealkylation sites (tertiary alicyclic amines) is 1. The van der Waals surface area contributed by atoms with Gasteiger partial charge in [0.05, 0.1) is 16.5 Å². The SMILES string of the molecule is CC(C)CC1(C(=O)NCc2cc(C(F)(F)F)cc(C(F)(F)F)c2)CCC(N2CCC(c3ccccc3)CC2)C1. The molecule has 39 heavy (non-hydrogen) atoms. The number of nitrogens with zero attached hydrogens (tertiary/aromatic N) is 1. The van der Waals surface area contributed by atoms with E-state index in [1.54, 1.807) is 0 Å². The Labute approximate surface area is 226 Å². The monoisotopic (exact) mass is 554 g/mol. The summed E-state index contributed by atoms with van der Waals surface area (Å²) < 4.78 is 79.6. The van der Waals surface area contributed by atoms with Crippen LogP contribution in [0.3, 0.4) is 0 Å². The third-order valence-corrected chi connectivity index (χ3v) is 8.28. The van der Waals surface area contributed by atoms with Gasteiger partial charge in [-0.1, -0.05) is 44.2 Å². The Morgan fingerprint density at radius 1 is 0.949 bits per heavy atom. The number of piperidine rings is 1. The molecule has 2 unspecified atom stereocenters. The van der Waals surface area contributed by atoms with Crippen molar-refractivity contribution < 1.29 is 31.1 Å². The molecule has 0 spiro atoms. The number of rotatable bonds is 7. The van der Waals surface area contributed by atoms with Gasteiger partial charge in [-0.15, -0.1) is 0 Å². The minimum absolute atomic E-state index is 0.105. The van der Waals surface area contributed by atoms with E-state index in [0.29, 0.717) is 37.3 Å². The van der Waals surface area contributed by atoms with Gasteiger partial charge < -0.3 is 10.2 Å². The van der Waals surface area contributed by atoms with Crippen molar-refractivity contribution in [2.45, 2.75) is 83.2 Å². The normalized spacial score (nSPS) is 23.4. The Kier molecular flexibility index (Phi) is 8.69. The van der Waals surface area contributed by atoms with Crippen molar-refractivity contribution in [1.29, 1.82) is 0 Å². The van der Waals surface area contributed by atoms with Crippen LogP contribution in [0.4, 0.5) is 26.3 Å². The van der Waals surface area contributed by atoms with Crippen LogP contribution < -0.4 is 5.32 Å². The second-order valence-corrected chi connectivity index (χ2v) is 11.6. The molecule has 1 amide bonds. The van der Waals surface area contributed by atoms with E-state index in [1.165, 1.54) is 5.56 Å². The predicted molar refractivity (Wildman–Crippen MR) is 138 cm³/mol. The average molecular weight is 555 g/mol. The maximum atomic E-state index is 13.5. The molecule has 1 aliphatic carbocycles. The fourth-order valence-corrected chi connectivity index (χ4v) is 6.49. The van der Waals surface area contributed by atoms with Crippen LogP contribution in [0.1, 0.15) is 80.5 Å². The third-order valence-electron chi connectivity index (χ3n) is 8.28. The van der Waals surface area contributed by atoms with Gasteiger partial charge in [0.15, 0.2) is 0 Å². The molecule has 9 heteroatoms. The number of carbonyl (C=O) groups is 1. The molecule has 1 heterocycles. The van der Waals surface area contributed by atoms with Crippen molar-refractivity contribution in [3.05, 3.63) is 70.8 Å². The third kappa shape index (κ3) is 7.16. The molecule has 4 rings (SSSR count). The Morgan fingerprint density at radius 2 is 1.54 bits per heavy atom. The lowest BCUT2D eigenvalue weighted by molar-refractivity contribution is -0.143. The lowest BCUT2D eigenvalue weighted by Crippen LogP contribution is -2.44. The van der Waals surface area contributed by atoms with E-state index in [-0.39, 0.29) is 29.5 Å².